The molecule has 1 rings (SSSR count). The highest BCUT2D eigenvalue weighted by Crippen LogP contribution is 2.10. The van der Waals surface area contributed by atoms with Crippen molar-refractivity contribution in [3.63, 3.8) is 0 Å². The third-order valence-corrected chi connectivity index (χ3v) is 1.49. The predicted octanol–water partition coefficient (Wildman–Crippen LogP) is 1.43. The summed E-state index contributed by atoms with van der Waals surface area (Å²) < 4.78 is 2.90. The summed E-state index contributed by atoms with van der Waals surface area (Å²) in [6.07, 6.45) is 3.32. The van der Waals surface area contributed by atoms with Crippen molar-refractivity contribution in [2.24, 2.45) is 0 Å². The SMILES string of the molecule is Nc1cncc(NI)c1. The van der Waals surface area contributed by atoms with Crippen molar-refractivity contribution in [1.82, 2.24) is 4.98 Å². The first-order valence-electron chi connectivity index (χ1n) is 2.40. The van der Waals surface area contributed by atoms with E-state index in [4.69, 9.17) is 5.73 Å². The minimum absolute atomic E-state index is 0.677. The first kappa shape index (κ1) is 6.60. The van der Waals surface area contributed by atoms with E-state index in [1.807, 2.05) is 28.9 Å². The number of hydrogen-bond acceptors (Lipinski definition) is 3. The Morgan fingerprint density at radius 2 is 2.33 bits per heavy atom. The van der Waals surface area contributed by atoms with Gasteiger partial charge in [0.1, 0.15) is 0 Å². The van der Waals surface area contributed by atoms with Gasteiger partial charge in [0.2, 0.25) is 0 Å². The van der Waals surface area contributed by atoms with Gasteiger partial charge in [0.15, 0.2) is 0 Å². The Bertz CT molecular complexity index is 201. The maximum Gasteiger partial charge on any atom is 0.0634 e. The number of anilines is 2. The average Bonchev–Trinajstić information content (AvgIpc) is 1.88. The van der Waals surface area contributed by atoms with Crippen LogP contribution in [-0.2, 0) is 0 Å². The Morgan fingerprint density at radius 1 is 1.56 bits per heavy atom. The molecular formula is C5H6IN3. The molecule has 3 nitrogen and oxygen atoms in total. The van der Waals surface area contributed by atoms with Gasteiger partial charge in [0.05, 0.1) is 40.4 Å². The lowest BCUT2D eigenvalue weighted by Gasteiger charge is -1.95. The van der Waals surface area contributed by atoms with Crippen LogP contribution in [0, 0.1) is 0 Å². The molecule has 0 amide bonds. The summed E-state index contributed by atoms with van der Waals surface area (Å²) in [6, 6.07) is 1.82. The first-order chi connectivity index (χ1) is 4.33. The topological polar surface area (TPSA) is 50.9 Å². The number of nitrogens with one attached hydrogen (secondary N) is 1. The number of hydrogen-bond donors (Lipinski definition) is 2. The molecule has 1 aromatic heterocycles. The maximum absolute atomic E-state index is 5.43. The number of rotatable bonds is 1. The van der Waals surface area contributed by atoms with Crippen LogP contribution in [0.4, 0.5) is 11.4 Å². The smallest absolute Gasteiger partial charge is 0.0634 e. The van der Waals surface area contributed by atoms with Gasteiger partial charge in [-0.05, 0) is 6.07 Å². The standard InChI is InChI=1S/C5H6IN3/c6-9-5-1-4(7)2-8-3-5/h1-3,9H,7H2. The normalized spacial score (nSPS) is 9.00. The number of aromatic nitrogens is 1. The van der Waals surface area contributed by atoms with E-state index < -0.39 is 0 Å². The summed E-state index contributed by atoms with van der Waals surface area (Å²) in [5.74, 6) is 0. The molecule has 0 unspecified atom stereocenters. The van der Waals surface area contributed by atoms with Crippen molar-refractivity contribution in [2.45, 2.75) is 0 Å². The zero-order chi connectivity index (χ0) is 6.69. The maximum atomic E-state index is 5.43. The fourth-order valence-electron chi connectivity index (χ4n) is 0.509. The van der Waals surface area contributed by atoms with Crippen LogP contribution in [0.1, 0.15) is 0 Å². The quantitative estimate of drug-likeness (QED) is 0.571. The second-order valence-electron chi connectivity index (χ2n) is 1.60. The fourth-order valence-corrected chi connectivity index (χ4v) is 0.804. The van der Waals surface area contributed by atoms with E-state index in [1.165, 1.54) is 0 Å². The second-order valence-corrected chi connectivity index (χ2v) is 2.14. The molecule has 0 atom stereocenters. The number of pyridine rings is 1. The third kappa shape index (κ3) is 1.70. The lowest BCUT2D eigenvalue weighted by molar-refractivity contribution is 1.34. The highest BCUT2D eigenvalue weighted by Gasteiger charge is 1.87. The predicted molar refractivity (Wildman–Crippen MR) is 46.3 cm³/mol. The zero-order valence-corrected chi connectivity index (χ0v) is 6.79. The van der Waals surface area contributed by atoms with Crippen LogP contribution in [0.25, 0.3) is 0 Å². The summed E-state index contributed by atoms with van der Waals surface area (Å²) in [5.41, 5.74) is 7.03. The summed E-state index contributed by atoms with van der Waals surface area (Å²) in [4.78, 5) is 3.86. The number of halogens is 1. The molecule has 0 spiro atoms. The van der Waals surface area contributed by atoms with Crippen LogP contribution < -0.4 is 9.26 Å². The van der Waals surface area contributed by atoms with Gasteiger partial charge < -0.3 is 9.26 Å². The van der Waals surface area contributed by atoms with Crippen molar-refractivity contribution in [2.75, 3.05) is 9.26 Å². The summed E-state index contributed by atoms with van der Waals surface area (Å²) in [5, 5.41) is 0. The molecule has 0 radical (unpaired) electrons. The van der Waals surface area contributed by atoms with E-state index in [-0.39, 0.29) is 0 Å². The molecule has 0 fully saturated rings. The van der Waals surface area contributed by atoms with Crippen molar-refractivity contribution in [3.8, 4) is 0 Å². The average molecular weight is 235 g/mol. The van der Waals surface area contributed by atoms with Gasteiger partial charge in [0, 0.05) is 6.20 Å². The van der Waals surface area contributed by atoms with Gasteiger partial charge >= 0.3 is 0 Å². The van der Waals surface area contributed by atoms with Crippen molar-refractivity contribution >= 4 is 34.2 Å². The van der Waals surface area contributed by atoms with Crippen molar-refractivity contribution in [3.05, 3.63) is 18.5 Å². The molecule has 0 aromatic carbocycles. The molecule has 9 heavy (non-hydrogen) atoms. The fraction of sp³-hybridized carbons (Fsp3) is 0. The highest BCUT2D eigenvalue weighted by molar-refractivity contribution is 14.1. The molecule has 3 N–H and O–H groups in total. The third-order valence-electron chi connectivity index (χ3n) is 0.869. The van der Waals surface area contributed by atoms with Gasteiger partial charge in [-0.25, -0.2) is 0 Å². The highest BCUT2D eigenvalue weighted by atomic mass is 127. The molecular weight excluding hydrogens is 229 g/mol. The Balaban J connectivity index is 2.94. The Labute approximate surface area is 67.2 Å². The van der Waals surface area contributed by atoms with E-state index >= 15 is 0 Å². The van der Waals surface area contributed by atoms with Gasteiger partial charge in [-0.2, -0.15) is 0 Å². The van der Waals surface area contributed by atoms with Crippen LogP contribution in [0.5, 0.6) is 0 Å². The number of nitrogens with zero attached hydrogens (tertiary/aromatic N) is 1. The van der Waals surface area contributed by atoms with Crippen molar-refractivity contribution in [1.29, 1.82) is 0 Å². The monoisotopic (exact) mass is 235 g/mol. The Kier molecular flexibility index (Phi) is 2.10. The van der Waals surface area contributed by atoms with Crippen LogP contribution in [0.2, 0.25) is 0 Å². The van der Waals surface area contributed by atoms with Crippen LogP contribution >= 0.6 is 22.9 Å². The Morgan fingerprint density at radius 3 is 2.78 bits per heavy atom. The minimum Gasteiger partial charge on any atom is -0.397 e. The summed E-state index contributed by atoms with van der Waals surface area (Å²) in [6.45, 7) is 0. The molecule has 0 aliphatic heterocycles. The van der Waals surface area contributed by atoms with Crippen LogP contribution in [0.3, 0.4) is 0 Å². The van der Waals surface area contributed by atoms with E-state index in [2.05, 4.69) is 8.51 Å². The zero-order valence-electron chi connectivity index (χ0n) is 4.63. The molecule has 0 bridgehead atoms. The van der Waals surface area contributed by atoms with E-state index in [1.54, 1.807) is 12.4 Å². The molecule has 0 saturated heterocycles. The molecule has 0 aliphatic carbocycles. The Hall–Kier alpha value is -0.520. The molecule has 0 saturated carbocycles. The van der Waals surface area contributed by atoms with Crippen LogP contribution in [0.15, 0.2) is 18.5 Å². The number of nitrogens with two attached hydrogens (primary N) is 1. The van der Waals surface area contributed by atoms with E-state index in [0.717, 1.165) is 5.69 Å². The molecule has 0 aliphatic rings. The summed E-state index contributed by atoms with van der Waals surface area (Å²) >= 11 is 2.02. The molecule has 1 aromatic rings. The van der Waals surface area contributed by atoms with E-state index in [0.29, 0.717) is 5.69 Å². The first-order valence-corrected chi connectivity index (χ1v) is 3.48. The molecule has 4 heteroatoms. The second kappa shape index (κ2) is 2.86. The largest absolute Gasteiger partial charge is 0.397 e. The lowest BCUT2D eigenvalue weighted by atomic mass is 10.4. The van der Waals surface area contributed by atoms with Gasteiger partial charge in [-0.1, -0.05) is 0 Å². The van der Waals surface area contributed by atoms with Crippen LogP contribution in [-0.4, -0.2) is 4.98 Å². The van der Waals surface area contributed by atoms with E-state index in [9.17, 15) is 0 Å². The van der Waals surface area contributed by atoms with Crippen molar-refractivity contribution < 1.29 is 0 Å². The molecule has 1 heterocycles. The minimum atomic E-state index is 0.677. The van der Waals surface area contributed by atoms with Gasteiger partial charge in [-0.15, -0.1) is 0 Å². The summed E-state index contributed by atoms with van der Waals surface area (Å²) in [7, 11) is 0. The lowest BCUT2D eigenvalue weighted by Crippen LogP contribution is -1.87. The number of nitrogen functional groups attached to an aromatic ring is 1. The van der Waals surface area contributed by atoms with Gasteiger partial charge in [-0.3, -0.25) is 4.98 Å². The molecule has 48 valence electrons. The van der Waals surface area contributed by atoms with Gasteiger partial charge in [0.25, 0.3) is 0 Å².